The summed E-state index contributed by atoms with van der Waals surface area (Å²) in [6, 6.07) is 6.39. The molecule has 0 amide bonds. The van der Waals surface area contributed by atoms with Gasteiger partial charge in [-0.05, 0) is 48.8 Å². The SMILES string of the molecule is CC(Cc1cccc2c1CCN2CC1CCC1)C(=O)O. The number of hydrogen-bond acceptors (Lipinski definition) is 2. The molecule has 3 rings (SSSR count). The Morgan fingerprint density at radius 1 is 1.45 bits per heavy atom. The summed E-state index contributed by atoms with van der Waals surface area (Å²) in [5, 5.41) is 9.09. The van der Waals surface area contributed by atoms with Gasteiger partial charge in [0.05, 0.1) is 5.92 Å². The van der Waals surface area contributed by atoms with Crippen molar-refractivity contribution in [1.82, 2.24) is 0 Å². The smallest absolute Gasteiger partial charge is 0.306 e. The molecule has 2 aliphatic rings. The molecule has 1 saturated carbocycles. The Morgan fingerprint density at radius 2 is 2.25 bits per heavy atom. The quantitative estimate of drug-likeness (QED) is 0.896. The van der Waals surface area contributed by atoms with Gasteiger partial charge in [-0.25, -0.2) is 0 Å². The molecule has 3 heteroatoms. The van der Waals surface area contributed by atoms with E-state index in [1.807, 2.05) is 0 Å². The van der Waals surface area contributed by atoms with Crippen LogP contribution in [0.3, 0.4) is 0 Å². The Hall–Kier alpha value is -1.51. The van der Waals surface area contributed by atoms with E-state index >= 15 is 0 Å². The Balaban J connectivity index is 1.76. The molecule has 1 heterocycles. The van der Waals surface area contributed by atoms with Crippen LogP contribution in [0.5, 0.6) is 0 Å². The molecule has 0 spiro atoms. The highest BCUT2D eigenvalue weighted by Gasteiger charge is 2.27. The molecular weight excluding hydrogens is 250 g/mol. The third-order valence-corrected chi connectivity index (χ3v) is 4.87. The van der Waals surface area contributed by atoms with Crippen LogP contribution in [0, 0.1) is 11.8 Å². The van der Waals surface area contributed by atoms with E-state index in [4.69, 9.17) is 5.11 Å². The number of rotatable bonds is 5. The van der Waals surface area contributed by atoms with Gasteiger partial charge in [0, 0.05) is 18.8 Å². The fourth-order valence-electron chi connectivity index (χ4n) is 3.36. The number of hydrogen-bond donors (Lipinski definition) is 1. The highest BCUT2D eigenvalue weighted by atomic mass is 16.4. The van der Waals surface area contributed by atoms with Crippen LogP contribution in [-0.4, -0.2) is 24.2 Å². The predicted molar refractivity (Wildman–Crippen MR) is 80.2 cm³/mol. The number of benzene rings is 1. The van der Waals surface area contributed by atoms with Crippen molar-refractivity contribution in [3.8, 4) is 0 Å². The second-order valence-corrected chi connectivity index (χ2v) is 6.35. The van der Waals surface area contributed by atoms with E-state index in [1.165, 1.54) is 42.6 Å². The zero-order valence-corrected chi connectivity index (χ0v) is 12.1. The summed E-state index contributed by atoms with van der Waals surface area (Å²) in [6.07, 6.45) is 5.87. The molecule has 0 bridgehead atoms. The van der Waals surface area contributed by atoms with Crippen molar-refractivity contribution >= 4 is 11.7 Å². The van der Waals surface area contributed by atoms with Crippen molar-refractivity contribution in [2.75, 3.05) is 18.0 Å². The fourth-order valence-corrected chi connectivity index (χ4v) is 3.36. The van der Waals surface area contributed by atoms with Gasteiger partial charge in [0.25, 0.3) is 0 Å². The second-order valence-electron chi connectivity index (χ2n) is 6.35. The molecule has 0 aromatic heterocycles. The van der Waals surface area contributed by atoms with Crippen molar-refractivity contribution in [2.24, 2.45) is 11.8 Å². The van der Waals surface area contributed by atoms with Crippen LogP contribution >= 0.6 is 0 Å². The maximum absolute atomic E-state index is 11.0. The zero-order valence-electron chi connectivity index (χ0n) is 12.1. The molecule has 1 aromatic rings. The van der Waals surface area contributed by atoms with E-state index in [0.29, 0.717) is 6.42 Å². The molecule has 1 atom stereocenters. The predicted octanol–water partition coefficient (Wildman–Crippen LogP) is 3.11. The zero-order chi connectivity index (χ0) is 14.1. The van der Waals surface area contributed by atoms with E-state index in [2.05, 4.69) is 23.1 Å². The summed E-state index contributed by atoms with van der Waals surface area (Å²) in [4.78, 5) is 13.6. The average molecular weight is 273 g/mol. The summed E-state index contributed by atoms with van der Waals surface area (Å²) >= 11 is 0. The number of anilines is 1. The van der Waals surface area contributed by atoms with Gasteiger partial charge in [0.1, 0.15) is 0 Å². The van der Waals surface area contributed by atoms with E-state index in [0.717, 1.165) is 18.9 Å². The Morgan fingerprint density at radius 3 is 2.90 bits per heavy atom. The molecule has 1 unspecified atom stereocenters. The summed E-state index contributed by atoms with van der Waals surface area (Å²) in [7, 11) is 0. The lowest BCUT2D eigenvalue weighted by atomic mass is 9.85. The van der Waals surface area contributed by atoms with Crippen LogP contribution in [0.25, 0.3) is 0 Å². The Bertz CT molecular complexity index is 508. The monoisotopic (exact) mass is 273 g/mol. The minimum absolute atomic E-state index is 0.304. The Labute approximate surface area is 120 Å². The first-order chi connectivity index (χ1) is 9.65. The van der Waals surface area contributed by atoms with E-state index < -0.39 is 5.97 Å². The topological polar surface area (TPSA) is 40.5 Å². The minimum atomic E-state index is -0.702. The number of carboxylic acids is 1. The van der Waals surface area contributed by atoms with Gasteiger partial charge in [-0.15, -0.1) is 0 Å². The van der Waals surface area contributed by atoms with Gasteiger partial charge < -0.3 is 10.0 Å². The maximum Gasteiger partial charge on any atom is 0.306 e. The molecule has 1 aromatic carbocycles. The first-order valence-corrected chi connectivity index (χ1v) is 7.73. The first-order valence-electron chi connectivity index (χ1n) is 7.73. The fraction of sp³-hybridized carbons (Fsp3) is 0.588. The minimum Gasteiger partial charge on any atom is -0.481 e. The molecule has 1 aliphatic heterocycles. The lowest BCUT2D eigenvalue weighted by molar-refractivity contribution is -0.141. The van der Waals surface area contributed by atoms with Gasteiger partial charge in [-0.2, -0.15) is 0 Å². The highest BCUT2D eigenvalue weighted by molar-refractivity contribution is 5.70. The standard InChI is InChI=1S/C17H23NO2/c1-12(17(19)20)10-14-6-3-7-16-15(14)8-9-18(16)11-13-4-2-5-13/h3,6-7,12-13H,2,4-5,8-11H2,1H3,(H,19,20). The summed E-state index contributed by atoms with van der Waals surface area (Å²) in [5.74, 6) is -0.128. The number of fused-ring (bicyclic) bond motifs is 1. The molecular formula is C17H23NO2. The number of carbonyl (C=O) groups is 1. The molecule has 3 nitrogen and oxygen atoms in total. The third kappa shape index (κ3) is 2.54. The van der Waals surface area contributed by atoms with E-state index in [1.54, 1.807) is 6.92 Å². The number of nitrogens with zero attached hydrogens (tertiary/aromatic N) is 1. The Kier molecular flexibility index (Phi) is 3.68. The lowest BCUT2D eigenvalue weighted by Crippen LogP contribution is -2.31. The second kappa shape index (κ2) is 5.47. The van der Waals surface area contributed by atoms with Crippen molar-refractivity contribution in [1.29, 1.82) is 0 Å². The van der Waals surface area contributed by atoms with Gasteiger partial charge in [-0.3, -0.25) is 4.79 Å². The van der Waals surface area contributed by atoms with Crippen molar-refractivity contribution in [3.63, 3.8) is 0 Å². The molecule has 1 fully saturated rings. The number of aliphatic carboxylic acids is 1. The van der Waals surface area contributed by atoms with Crippen LogP contribution in [0.2, 0.25) is 0 Å². The molecule has 0 radical (unpaired) electrons. The normalized spacial score (nSPS) is 19.6. The first kappa shape index (κ1) is 13.5. The molecule has 20 heavy (non-hydrogen) atoms. The summed E-state index contributed by atoms with van der Waals surface area (Å²) < 4.78 is 0. The van der Waals surface area contributed by atoms with Crippen LogP contribution in [0.4, 0.5) is 5.69 Å². The molecule has 1 N–H and O–H groups in total. The third-order valence-electron chi connectivity index (χ3n) is 4.87. The van der Waals surface area contributed by atoms with E-state index in [9.17, 15) is 4.79 Å². The maximum atomic E-state index is 11.0. The van der Waals surface area contributed by atoms with Gasteiger partial charge >= 0.3 is 5.97 Å². The van der Waals surface area contributed by atoms with Gasteiger partial charge in [0.2, 0.25) is 0 Å². The average Bonchev–Trinajstić information content (AvgIpc) is 2.78. The van der Waals surface area contributed by atoms with Crippen LogP contribution in [0.1, 0.15) is 37.3 Å². The summed E-state index contributed by atoms with van der Waals surface area (Å²) in [5.41, 5.74) is 3.97. The lowest BCUT2D eigenvalue weighted by Gasteiger charge is -2.31. The van der Waals surface area contributed by atoms with Crippen molar-refractivity contribution < 1.29 is 9.90 Å². The van der Waals surface area contributed by atoms with Crippen molar-refractivity contribution in [2.45, 2.75) is 39.0 Å². The van der Waals surface area contributed by atoms with Gasteiger partial charge in [0.15, 0.2) is 0 Å². The van der Waals surface area contributed by atoms with Gasteiger partial charge in [-0.1, -0.05) is 25.5 Å². The number of carboxylic acid groups (broad SMARTS) is 1. The molecule has 108 valence electrons. The van der Waals surface area contributed by atoms with Crippen LogP contribution < -0.4 is 4.90 Å². The summed E-state index contributed by atoms with van der Waals surface area (Å²) in [6.45, 7) is 4.08. The van der Waals surface area contributed by atoms with Crippen LogP contribution in [-0.2, 0) is 17.6 Å². The largest absolute Gasteiger partial charge is 0.481 e. The molecule has 0 saturated heterocycles. The van der Waals surface area contributed by atoms with E-state index in [-0.39, 0.29) is 5.92 Å². The molecule has 1 aliphatic carbocycles. The van der Waals surface area contributed by atoms with Crippen LogP contribution in [0.15, 0.2) is 18.2 Å². The highest BCUT2D eigenvalue weighted by Crippen LogP contribution is 2.35. The van der Waals surface area contributed by atoms with Crippen molar-refractivity contribution in [3.05, 3.63) is 29.3 Å².